The number of carbonyl (C=O) groups is 1. The zero-order chi connectivity index (χ0) is 42.8. The van der Waals surface area contributed by atoms with Crippen LogP contribution in [0.25, 0.3) is 0 Å². The van der Waals surface area contributed by atoms with E-state index in [1.54, 1.807) is 6.08 Å². The Morgan fingerprint density at radius 2 is 0.712 bits per heavy atom. The van der Waals surface area contributed by atoms with Gasteiger partial charge < -0.3 is 15.5 Å². The number of aliphatic hydroxyl groups is 2. The van der Waals surface area contributed by atoms with Crippen molar-refractivity contribution in [3.63, 3.8) is 0 Å². The average Bonchev–Trinajstić information content (AvgIpc) is 3.24. The molecule has 0 aromatic carbocycles. The smallest absolute Gasteiger partial charge is 0.220 e. The van der Waals surface area contributed by atoms with E-state index < -0.39 is 12.1 Å². The van der Waals surface area contributed by atoms with Crippen LogP contribution in [0.1, 0.15) is 251 Å². The lowest BCUT2D eigenvalue weighted by Gasteiger charge is -2.19. The highest BCUT2D eigenvalue weighted by atomic mass is 16.3. The van der Waals surface area contributed by atoms with Gasteiger partial charge >= 0.3 is 0 Å². The fourth-order valence-corrected chi connectivity index (χ4v) is 7.45. The minimum atomic E-state index is -0.876. The summed E-state index contributed by atoms with van der Waals surface area (Å²) in [5.41, 5.74) is 0. The standard InChI is InChI=1S/C55H99NO3/c1-3-5-7-9-11-13-15-17-19-21-23-25-27-28-29-31-33-35-37-39-41-43-45-47-49-51-55(59)56-53(52-57)54(58)50-48-46-44-42-40-38-36-34-32-30-26-24-22-20-18-16-14-12-10-8-6-4-2/h15,17,21,23,27-28,32,34,40,42,48,50,53-54,57-58H,3-14,16,18-20,22,24-26,29-31,33,35-39,41,43-47,49,51-52H2,1-2H3,(H,56,59)/b17-15-,23-21-,28-27-,34-32+,42-40+,50-48+. The number of rotatable bonds is 46. The molecule has 4 nitrogen and oxygen atoms in total. The Hall–Kier alpha value is -2.17. The molecule has 1 amide bonds. The predicted octanol–water partition coefficient (Wildman–Crippen LogP) is 16.6. The summed E-state index contributed by atoms with van der Waals surface area (Å²) in [6.07, 6.45) is 71.8. The lowest BCUT2D eigenvalue weighted by Crippen LogP contribution is -2.45. The molecule has 2 unspecified atom stereocenters. The van der Waals surface area contributed by atoms with Gasteiger partial charge in [-0.2, -0.15) is 0 Å². The summed E-state index contributed by atoms with van der Waals surface area (Å²) in [5, 5.41) is 23.1. The largest absolute Gasteiger partial charge is 0.394 e. The molecule has 4 heteroatoms. The highest BCUT2D eigenvalue weighted by Crippen LogP contribution is 2.14. The predicted molar refractivity (Wildman–Crippen MR) is 262 cm³/mol. The normalized spacial score (nSPS) is 13.5. The van der Waals surface area contributed by atoms with Crippen LogP contribution in [0.4, 0.5) is 0 Å². The topological polar surface area (TPSA) is 69.6 Å². The molecule has 0 saturated heterocycles. The van der Waals surface area contributed by atoms with E-state index in [4.69, 9.17) is 0 Å². The molecule has 59 heavy (non-hydrogen) atoms. The van der Waals surface area contributed by atoms with Crippen LogP contribution in [0, 0.1) is 0 Å². The third-order valence-electron chi connectivity index (χ3n) is 11.4. The molecule has 3 N–H and O–H groups in total. The maximum absolute atomic E-state index is 12.4. The minimum absolute atomic E-state index is 0.0830. The minimum Gasteiger partial charge on any atom is -0.394 e. The van der Waals surface area contributed by atoms with Gasteiger partial charge in [-0.15, -0.1) is 0 Å². The molecular weight excluding hydrogens is 723 g/mol. The summed E-state index contributed by atoms with van der Waals surface area (Å²) in [6, 6.07) is -0.652. The molecule has 0 saturated carbocycles. The van der Waals surface area contributed by atoms with Crippen LogP contribution < -0.4 is 5.32 Å². The Labute approximate surface area is 368 Å². The second kappa shape index (κ2) is 50.2. The van der Waals surface area contributed by atoms with Crippen molar-refractivity contribution in [2.75, 3.05) is 6.61 Å². The molecule has 0 radical (unpaired) electrons. The summed E-state index contributed by atoms with van der Waals surface area (Å²) < 4.78 is 0. The monoisotopic (exact) mass is 822 g/mol. The molecule has 0 rings (SSSR count). The van der Waals surface area contributed by atoms with Gasteiger partial charge in [-0.05, 0) is 83.5 Å². The number of hydrogen-bond acceptors (Lipinski definition) is 3. The Balaban J connectivity index is 3.62. The highest BCUT2D eigenvalue weighted by Gasteiger charge is 2.17. The number of amides is 1. The van der Waals surface area contributed by atoms with Crippen LogP contribution in [-0.2, 0) is 4.79 Å². The molecule has 0 heterocycles. The molecule has 0 aromatic rings. The second-order valence-corrected chi connectivity index (χ2v) is 17.2. The number of hydrogen-bond donors (Lipinski definition) is 3. The lowest BCUT2D eigenvalue weighted by atomic mass is 10.0. The molecule has 0 aromatic heterocycles. The first kappa shape index (κ1) is 56.8. The van der Waals surface area contributed by atoms with E-state index in [1.165, 1.54) is 180 Å². The number of nitrogens with one attached hydrogen (secondary N) is 1. The molecule has 2 atom stereocenters. The Bertz CT molecular complexity index is 1020. The summed E-state index contributed by atoms with van der Waals surface area (Å²) in [7, 11) is 0. The van der Waals surface area contributed by atoms with Gasteiger partial charge in [0, 0.05) is 6.42 Å². The van der Waals surface area contributed by atoms with Crippen molar-refractivity contribution < 1.29 is 15.0 Å². The SMILES string of the molecule is CCCCCCC/C=C\C/C=C\C/C=C\CCCCCCCCCCCCC(=O)NC(CO)C(O)/C=C/CC/C=C/CC/C=C/CCCCCCCCCCCCCC. The van der Waals surface area contributed by atoms with E-state index in [1.807, 2.05) is 6.08 Å². The van der Waals surface area contributed by atoms with Crippen molar-refractivity contribution in [1.29, 1.82) is 0 Å². The number of unbranched alkanes of at least 4 members (excludes halogenated alkanes) is 29. The van der Waals surface area contributed by atoms with Crippen LogP contribution in [0.3, 0.4) is 0 Å². The van der Waals surface area contributed by atoms with Crippen molar-refractivity contribution in [3.8, 4) is 0 Å². The molecule has 0 aliphatic carbocycles. The third-order valence-corrected chi connectivity index (χ3v) is 11.4. The van der Waals surface area contributed by atoms with Crippen molar-refractivity contribution in [1.82, 2.24) is 5.32 Å². The molecule has 0 fully saturated rings. The van der Waals surface area contributed by atoms with E-state index in [0.29, 0.717) is 6.42 Å². The zero-order valence-corrected chi connectivity index (χ0v) is 39.3. The van der Waals surface area contributed by atoms with Gasteiger partial charge in [0.2, 0.25) is 5.91 Å². The maximum atomic E-state index is 12.4. The molecule has 342 valence electrons. The van der Waals surface area contributed by atoms with Gasteiger partial charge in [-0.3, -0.25) is 4.79 Å². The van der Waals surface area contributed by atoms with Crippen molar-refractivity contribution in [2.24, 2.45) is 0 Å². The Kier molecular flexibility index (Phi) is 48.3. The first-order chi connectivity index (χ1) is 29.2. The van der Waals surface area contributed by atoms with E-state index in [2.05, 4.69) is 79.9 Å². The van der Waals surface area contributed by atoms with Crippen molar-refractivity contribution >= 4 is 5.91 Å². The fraction of sp³-hybridized carbons (Fsp3) is 0.764. The van der Waals surface area contributed by atoms with Gasteiger partial charge in [0.25, 0.3) is 0 Å². The fourth-order valence-electron chi connectivity index (χ4n) is 7.45. The van der Waals surface area contributed by atoms with Crippen LogP contribution in [0.5, 0.6) is 0 Å². The first-order valence-corrected chi connectivity index (χ1v) is 25.7. The highest BCUT2D eigenvalue weighted by molar-refractivity contribution is 5.76. The number of carbonyl (C=O) groups excluding carboxylic acids is 1. The number of allylic oxidation sites excluding steroid dienone is 11. The lowest BCUT2D eigenvalue weighted by molar-refractivity contribution is -0.123. The second-order valence-electron chi connectivity index (χ2n) is 17.2. The average molecular weight is 822 g/mol. The van der Waals surface area contributed by atoms with Crippen molar-refractivity contribution in [2.45, 2.75) is 264 Å². The van der Waals surface area contributed by atoms with Crippen LogP contribution in [0.15, 0.2) is 72.9 Å². The summed E-state index contributed by atoms with van der Waals surface area (Å²) >= 11 is 0. The van der Waals surface area contributed by atoms with E-state index >= 15 is 0 Å². The summed E-state index contributed by atoms with van der Waals surface area (Å²) in [6.45, 7) is 4.29. The van der Waals surface area contributed by atoms with Crippen LogP contribution in [-0.4, -0.2) is 34.9 Å². The first-order valence-electron chi connectivity index (χ1n) is 25.7. The quantitative estimate of drug-likeness (QED) is 0.0423. The zero-order valence-electron chi connectivity index (χ0n) is 39.3. The summed E-state index contributed by atoms with van der Waals surface area (Å²) in [5.74, 6) is -0.0830. The van der Waals surface area contributed by atoms with Crippen LogP contribution in [0.2, 0.25) is 0 Å². The van der Waals surface area contributed by atoms with E-state index in [9.17, 15) is 15.0 Å². The van der Waals surface area contributed by atoms with Gasteiger partial charge in [0.1, 0.15) is 0 Å². The third kappa shape index (κ3) is 46.7. The molecule has 0 aliphatic heterocycles. The van der Waals surface area contributed by atoms with Gasteiger partial charge in [-0.1, -0.05) is 234 Å². The van der Waals surface area contributed by atoms with Gasteiger partial charge in [0.05, 0.1) is 18.8 Å². The van der Waals surface area contributed by atoms with Crippen molar-refractivity contribution in [3.05, 3.63) is 72.9 Å². The van der Waals surface area contributed by atoms with E-state index in [0.717, 1.165) is 51.4 Å². The summed E-state index contributed by atoms with van der Waals surface area (Å²) in [4.78, 5) is 12.4. The van der Waals surface area contributed by atoms with E-state index in [-0.39, 0.29) is 12.5 Å². The van der Waals surface area contributed by atoms with Gasteiger partial charge in [-0.25, -0.2) is 0 Å². The molecule has 0 spiro atoms. The number of aliphatic hydroxyl groups excluding tert-OH is 2. The molecule has 0 aliphatic rings. The molecular formula is C55H99NO3. The maximum Gasteiger partial charge on any atom is 0.220 e. The Morgan fingerprint density at radius 3 is 1.10 bits per heavy atom. The Morgan fingerprint density at radius 1 is 0.407 bits per heavy atom. The van der Waals surface area contributed by atoms with Gasteiger partial charge in [0.15, 0.2) is 0 Å². The molecule has 0 bridgehead atoms. The van der Waals surface area contributed by atoms with Crippen LogP contribution >= 0.6 is 0 Å².